The third kappa shape index (κ3) is 3.24. The number of amides is 1. The van der Waals surface area contributed by atoms with Crippen molar-refractivity contribution in [3.63, 3.8) is 0 Å². The van der Waals surface area contributed by atoms with Crippen molar-refractivity contribution < 1.29 is 13.6 Å². The maximum atomic E-state index is 14.1. The lowest BCUT2D eigenvalue weighted by molar-refractivity contribution is 0.0117. The predicted molar refractivity (Wildman–Crippen MR) is 93.2 cm³/mol. The Balaban J connectivity index is 1.65. The lowest BCUT2D eigenvalue weighted by Crippen LogP contribution is -2.33. The number of thiophene rings is 1. The van der Waals surface area contributed by atoms with Crippen molar-refractivity contribution in [1.29, 1.82) is 0 Å². The first-order valence-corrected chi connectivity index (χ1v) is 9.10. The van der Waals surface area contributed by atoms with Gasteiger partial charge in [-0.2, -0.15) is 11.3 Å². The van der Waals surface area contributed by atoms with Gasteiger partial charge in [-0.1, -0.05) is 30.3 Å². The number of aromatic nitrogens is 3. The number of likely N-dealkylation sites (tertiary alicyclic amines) is 1. The maximum Gasteiger partial charge on any atom is 0.267 e. The standard InChI is InChI=1S/C18H16F2N4OS/c19-18(20)8-15(24(11-18)17(25)14-6-7-26-10-14)16-22-21-12-23(16)9-13-4-2-1-3-5-13/h1-7,10,12,15H,8-9,11H2/t15-/m0/s1. The van der Waals surface area contributed by atoms with Gasteiger partial charge < -0.3 is 9.47 Å². The van der Waals surface area contributed by atoms with E-state index in [9.17, 15) is 13.6 Å². The van der Waals surface area contributed by atoms with Gasteiger partial charge in [-0.3, -0.25) is 4.79 Å². The Morgan fingerprint density at radius 1 is 1.27 bits per heavy atom. The van der Waals surface area contributed by atoms with E-state index in [1.165, 1.54) is 22.6 Å². The molecular formula is C18H16F2N4OS. The molecule has 0 aliphatic carbocycles. The summed E-state index contributed by atoms with van der Waals surface area (Å²) >= 11 is 1.36. The number of hydrogen-bond donors (Lipinski definition) is 0. The molecule has 8 heteroatoms. The minimum Gasteiger partial charge on any atom is -0.322 e. The second kappa shape index (κ2) is 6.60. The summed E-state index contributed by atoms with van der Waals surface area (Å²) in [6, 6.07) is 10.5. The van der Waals surface area contributed by atoms with Crippen LogP contribution in [0.4, 0.5) is 8.78 Å². The van der Waals surface area contributed by atoms with Crippen molar-refractivity contribution in [3.05, 3.63) is 70.4 Å². The number of rotatable bonds is 4. The molecule has 0 saturated carbocycles. The summed E-state index contributed by atoms with van der Waals surface area (Å²) in [5, 5.41) is 11.4. The summed E-state index contributed by atoms with van der Waals surface area (Å²) in [6.45, 7) is -0.143. The zero-order valence-electron chi connectivity index (χ0n) is 13.8. The normalized spacial score (nSPS) is 19.0. The van der Waals surface area contributed by atoms with Crippen LogP contribution in [0.15, 0.2) is 53.5 Å². The third-order valence-corrected chi connectivity index (χ3v) is 5.12. The Kier molecular flexibility index (Phi) is 4.28. The van der Waals surface area contributed by atoms with Crippen molar-refractivity contribution in [2.45, 2.75) is 24.9 Å². The van der Waals surface area contributed by atoms with Crippen molar-refractivity contribution in [1.82, 2.24) is 19.7 Å². The molecule has 1 aliphatic rings. The molecule has 0 bridgehead atoms. The van der Waals surface area contributed by atoms with Gasteiger partial charge in [0.15, 0.2) is 5.82 Å². The highest BCUT2D eigenvalue weighted by atomic mass is 32.1. The zero-order valence-corrected chi connectivity index (χ0v) is 14.6. The molecule has 1 atom stereocenters. The highest BCUT2D eigenvalue weighted by Gasteiger charge is 2.49. The fourth-order valence-corrected chi connectivity index (χ4v) is 3.87. The Bertz CT molecular complexity index is 895. The van der Waals surface area contributed by atoms with Crippen LogP contribution in [0.25, 0.3) is 0 Å². The molecule has 1 saturated heterocycles. The summed E-state index contributed by atoms with van der Waals surface area (Å²) in [6.07, 6.45) is 1.07. The third-order valence-electron chi connectivity index (χ3n) is 4.44. The summed E-state index contributed by atoms with van der Waals surface area (Å²) in [4.78, 5) is 13.9. The Morgan fingerprint density at radius 2 is 2.08 bits per heavy atom. The van der Waals surface area contributed by atoms with Gasteiger partial charge in [0, 0.05) is 11.8 Å². The van der Waals surface area contributed by atoms with Gasteiger partial charge in [0.25, 0.3) is 11.8 Å². The molecule has 0 unspecified atom stereocenters. The topological polar surface area (TPSA) is 51.0 Å². The van der Waals surface area contributed by atoms with E-state index in [-0.39, 0.29) is 0 Å². The first-order chi connectivity index (χ1) is 12.5. The van der Waals surface area contributed by atoms with Crippen molar-refractivity contribution in [2.75, 3.05) is 6.54 Å². The minimum absolute atomic E-state index is 0.384. The quantitative estimate of drug-likeness (QED) is 0.701. The SMILES string of the molecule is O=C(c1ccsc1)N1CC(F)(F)C[C@H]1c1nncn1Cc1ccccc1. The average molecular weight is 374 g/mol. The highest BCUT2D eigenvalue weighted by molar-refractivity contribution is 7.08. The molecule has 1 amide bonds. The number of carbonyl (C=O) groups excluding carboxylic acids is 1. The van der Waals surface area contributed by atoms with Crippen LogP contribution >= 0.6 is 11.3 Å². The minimum atomic E-state index is -2.94. The Morgan fingerprint density at radius 3 is 2.81 bits per heavy atom. The Labute approximate surface area is 152 Å². The van der Waals surface area contributed by atoms with Crippen molar-refractivity contribution in [2.24, 2.45) is 0 Å². The second-order valence-corrected chi connectivity index (χ2v) is 7.10. The zero-order chi connectivity index (χ0) is 18.1. The van der Waals surface area contributed by atoms with Crippen LogP contribution in [-0.4, -0.2) is 38.0 Å². The van der Waals surface area contributed by atoms with Crippen LogP contribution < -0.4 is 0 Å². The molecule has 0 spiro atoms. The van der Waals surface area contributed by atoms with Crippen LogP contribution in [0.5, 0.6) is 0 Å². The van der Waals surface area contributed by atoms with Crippen LogP contribution in [-0.2, 0) is 6.54 Å². The largest absolute Gasteiger partial charge is 0.322 e. The van der Waals surface area contributed by atoms with Gasteiger partial charge in [-0.25, -0.2) is 8.78 Å². The lowest BCUT2D eigenvalue weighted by atomic mass is 10.1. The fraction of sp³-hybridized carbons (Fsp3) is 0.278. The van der Waals surface area contributed by atoms with Crippen LogP contribution in [0.1, 0.15) is 34.2 Å². The summed E-state index contributed by atoms with van der Waals surface area (Å²) in [5.74, 6) is -2.96. The monoisotopic (exact) mass is 374 g/mol. The van der Waals surface area contributed by atoms with Crippen LogP contribution in [0.2, 0.25) is 0 Å². The molecule has 1 aromatic carbocycles. The molecule has 0 N–H and O–H groups in total. The molecule has 0 radical (unpaired) electrons. The highest BCUT2D eigenvalue weighted by Crippen LogP contribution is 2.41. The molecule has 1 aliphatic heterocycles. The number of halogens is 2. The van der Waals surface area contributed by atoms with Gasteiger partial charge in [0.2, 0.25) is 0 Å². The molecule has 134 valence electrons. The lowest BCUT2D eigenvalue weighted by Gasteiger charge is -2.23. The van der Waals surface area contributed by atoms with E-state index in [1.807, 2.05) is 30.3 Å². The second-order valence-electron chi connectivity index (χ2n) is 6.32. The number of carbonyl (C=O) groups is 1. The molecule has 3 heterocycles. The smallest absolute Gasteiger partial charge is 0.267 e. The summed E-state index contributed by atoms with van der Waals surface area (Å²) in [7, 11) is 0. The molecule has 2 aromatic heterocycles. The fourth-order valence-electron chi connectivity index (χ4n) is 3.24. The molecule has 4 rings (SSSR count). The van der Waals surface area contributed by atoms with Gasteiger partial charge in [0.05, 0.1) is 24.7 Å². The number of benzene rings is 1. The number of hydrogen-bond acceptors (Lipinski definition) is 4. The van der Waals surface area contributed by atoms with Gasteiger partial charge >= 0.3 is 0 Å². The van der Waals surface area contributed by atoms with E-state index in [0.29, 0.717) is 17.9 Å². The van der Waals surface area contributed by atoms with E-state index in [1.54, 1.807) is 21.4 Å². The van der Waals surface area contributed by atoms with E-state index < -0.39 is 30.8 Å². The average Bonchev–Trinajstić information content (AvgIpc) is 3.35. The summed E-state index contributed by atoms with van der Waals surface area (Å²) in [5.41, 5.74) is 1.43. The predicted octanol–water partition coefficient (Wildman–Crippen LogP) is 3.61. The van der Waals surface area contributed by atoms with Crippen molar-refractivity contribution >= 4 is 17.2 Å². The van der Waals surface area contributed by atoms with Gasteiger partial charge in [-0.15, -0.1) is 10.2 Å². The van der Waals surface area contributed by atoms with E-state index in [0.717, 1.165) is 5.56 Å². The molecule has 26 heavy (non-hydrogen) atoms. The first-order valence-electron chi connectivity index (χ1n) is 8.16. The first kappa shape index (κ1) is 16.8. The van der Waals surface area contributed by atoms with Gasteiger partial charge in [0.1, 0.15) is 6.33 Å². The molecule has 3 aromatic rings. The Hall–Kier alpha value is -2.61. The van der Waals surface area contributed by atoms with E-state index in [2.05, 4.69) is 10.2 Å². The maximum absolute atomic E-state index is 14.1. The van der Waals surface area contributed by atoms with Gasteiger partial charge in [-0.05, 0) is 17.0 Å². The van der Waals surface area contributed by atoms with E-state index in [4.69, 9.17) is 0 Å². The van der Waals surface area contributed by atoms with Crippen molar-refractivity contribution in [3.8, 4) is 0 Å². The molecule has 5 nitrogen and oxygen atoms in total. The molecular weight excluding hydrogens is 358 g/mol. The van der Waals surface area contributed by atoms with Crippen LogP contribution in [0, 0.1) is 0 Å². The van der Waals surface area contributed by atoms with E-state index >= 15 is 0 Å². The number of nitrogens with zero attached hydrogens (tertiary/aromatic N) is 4. The van der Waals surface area contributed by atoms with Crippen LogP contribution in [0.3, 0.4) is 0 Å². The summed E-state index contributed by atoms with van der Waals surface area (Å²) < 4.78 is 30.0. The number of alkyl halides is 2. The molecule has 1 fully saturated rings.